The Morgan fingerprint density at radius 3 is 2.53 bits per heavy atom. The van der Waals surface area contributed by atoms with Crippen molar-refractivity contribution in [3.05, 3.63) is 22.7 Å². The minimum absolute atomic E-state index is 0.0746. The first kappa shape index (κ1) is 16.4. The number of halogens is 1. The van der Waals surface area contributed by atoms with Gasteiger partial charge in [-0.25, -0.2) is 13.1 Å². The summed E-state index contributed by atoms with van der Waals surface area (Å²) in [5, 5.41) is 2.99. The van der Waals surface area contributed by atoms with Crippen LogP contribution >= 0.6 is 15.9 Å². The van der Waals surface area contributed by atoms with E-state index in [2.05, 4.69) is 26.0 Å². The fraction of sp³-hybridized carbons (Fsp3) is 0.500. The standard InChI is InChI=1S/C12H20BrN3O2S/c1-9(14-2)8-15-19(17,18)12-7-10(16(3)4)5-6-11(12)13/h5-7,9,14-15H,8H2,1-4H3. The molecule has 1 aromatic carbocycles. The molecular weight excluding hydrogens is 330 g/mol. The van der Waals surface area contributed by atoms with E-state index >= 15 is 0 Å². The fourth-order valence-corrected chi connectivity index (χ4v) is 3.50. The van der Waals surface area contributed by atoms with Crippen LogP contribution in [0.25, 0.3) is 0 Å². The Kier molecular flexibility index (Phi) is 5.79. The second-order valence-electron chi connectivity index (χ2n) is 4.55. The van der Waals surface area contributed by atoms with Gasteiger partial charge in [0, 0.05) is 36.8 Å². The summed E-state index contributed by atoms with van der Waals surface area (Å²) in [6, 6.07) is 5.33. The lowest BCUT2D eigenvalue weighted by Crippen LogP contribution is -2.37. The molecule has 0 saturated heterocycles. The first-order valence-electron chi connectivity index (χ1n) is 5.91. The molecule has 0 saturated carbocycles. The molecule has 0 amide bonds. The molecule has 1 atom stereocenters. The van der Waals surface area contributed by atoms with Gasteiger partial charge >= 0.3 is 0 Å². The number of benzene rings is 1. The summed E-state index contributed by atoms with van der Waals surface area (Å²) in [5.74, 6) is 0. The highest BCUT2D eigenvalue weighted by Gasteiger charge is 2.19. The number of rotatable bonds is 6. The van der Waals surface area contributed by atoms with E-state index < -0.39 is 10.0 Å². The van der Waals surface area contributed by atoms with E-state index in [9.17, 15) is 8.42 Å². The molecule has 5 nitrogen and oxygen atoms in total. The SMILES string of the molecule is CNC(C)CNS(=O)(=O)c1cc(N(C)C)ccc1Br. The van der Waals surface area contributed by atoms with Gasteiger partial charge in [-0.15, -0.1) is 0 Å². The summed E-state index contributed by atoms with van der Waals surface area (Å²) in [6.07, 6.45) is 0. The van der Waals surface area contributed by atoms with E-state index in [4.69, 9.17) is 0 Å². The van der Waals surface area contributed by atoms with Crippen molar-refractivity contribution < 1.29 is 8.42 Å². The molecular formula is C12H20BrN3O2S. The van der Waals surface area contributed by atoms with Crippen LogP contribution in [0.4, 0.5) is 5.69 Å². The third-order valence-corrected chi connectivity index (χ3v) is 5.21. The van der Waals surface area contributed by atoms with Crippen molar-refractivity contribution in [2.75, 3.05) is 32.6 Å². The second-order valence-corrected chi connectivity index (χ2v) is 7.14. The van der Waals surface area contributed by atoms with Gasteiger partial charge in [0.15, 0.2) is 0 Å². The minimum Gasteiger partial charge on any atom is -0.378 e. The van der Waals surface area contributed by atoms with Crippen LogP contribution in [0, 0.1) is 0 Å². The number of hydrogen-bond donors (Lipinski definition) is 2. The highest BCUT2D eigenvalue weighted by Crippen LogP contribution is 2.26. The van der Waals surface area contributed by atoms with Gasteiger partial charge in [-0.2, -0.15) is 0 Å². The van der Waals surface area contributed by atoms with E-state index in [1.165, 1.54) is 0 Å². The number of nitrogens with one attached hydrogen (secondary N) is 2. The molecule has 0 aliphatic rings. The van der Waals surface area contributed by atoms with Crippen molar-refractivity contribution in [3.63, 3.8) is 0 Å². The number of nitrogens with zero attached hydrogens (tertiary/aromatic N) is 1. The maximum atomic E-state index is 12.3. The molecule has 7 heteroatoms. The van der Waals surface area contributed by atoms with Crippen LogP contribution in [-0.2, 0) is 10.0 Å². The largest absolute Gasteiger partial charge is 0.378 e. The molecule has 0 radical (unpaired) electrons. The van der Waals surface area contributed by atoms with Crippen molar-refractivity contribution in [2.45, 2.75) is 17.9 Å². The third kappa shape index (κ3) is 4.45. The number of likely N-dealkylation sites (N-methyl/N-ethyl adjacent to an activating group) is 1. The summed E-state index contributed by atoms with van der Waals surface area (Å²) < 4.78 is 27.7. The number of sulfonamides is 1. The van der Waals surface area contributed by atoms with E-state index in [0.717, 1.165) is 5.69 Å². The third-order valence-electron chi connectivity index (χ3n) is 2.79. The predicted molar refractivity (Wildman–Crippen MR) is 82.2 cm³/mol. The Balaban J connectivity index is 3.03. The highest BCUT2D eigenvalue weighted by atomic mass is 79.9. The number of hydrogen-bond acceptors (Lipinski definition) is 4. The highest BCUT2D eigenvalue weighted by molar-refractivity contribution is 9.10. The van der Waals surface area contributed by atoms with Crippen molar-refractivity contribution in [2.24, 2.45) is 0 Å². The van der Waals surface area contributed by atoms with Crippen LogP contribution in [0.3, 0.4) is 0 Å². The lowest BCUT2D eigenvalue weighted by Gasteiger charge is -2.16. The topological polar surface area (TPSA) is 61.4 Å². The van der Waals surface area contributed by atoms with Crippen LogP contribution < -0.4 is 14.9 Å². The quantitative estimate of drug-likeness (QED) is 0.814. The van der Waals surface area contributed by atoms with Gasteiger partial charge in [-0.05, 0) is 48.1 Å². The Morgan fingerprint density at radius 2 is 2.00 bits per heavy atom. The zero-order valence-electron chi connectivity index (χ0n) is 11.6. The Hall–Kier alpha value is -0.630. The van der Waals surface area contributed by atoms with Gasteiger partial charge in [0.25, 0.3) is 0 Å². The molecule has 0 aromatic heterocycles. The molecule has 2 N–H and O–H groups in total. The summed E-state index contributed by atoms with van der Waals surface area (Å²) in [6.45, 7) is 2.26. The fourth-order valence-electron chi connectivity index (χ4n) is 1.39. The molecule has 19 heavy (non-hydrogen) atoms. The molecule has 0 bridgehead atoms. The molecule has 0 aliphatic carbocycles. The normalized spacial score (nSPS) is 13.3. The maximum absolute atomic E-state index is 12.3. The van der Waals surface area contributed by atoms with E-state index in [1.54, 1.807) is 19.2 Å². The van der Waals surface area contributed by atoms with Crippen molar-refractivity contribution in [1.29, 1.82) is 0 Å². The Labute approximate surface area is 123 Å². The lowest BCUT2D eigenvalue weighted by molar-refractivity contribution is 0.554. The van der Waals surface area contributed by atoms with Crippen molar-refractivity contribution in [3.8, 4) is 0 Å². The van der Waals surface area contributed by atoms with Crippen molar-refractivity contribution >= 4 is 31.6 Å². The van der Waals surface area contributed by atoms with Gasteiger partial charge in [0.1, 0.15) is 0 Å². The van der Waals surface area contributed by atoms with E-state index in [1.807, 2.05) is 32.0 Å². The maximum Gasteiger partial charge on any atom is 0.241 e. The molecule has 108 valence electrons. The van der Waals surface area contributed by atoms with Crippen LogP contribution in [0.15, 0.2) is 27.6 Å². The smallest absolute Gasteiger partial charge is 0.241 e. The van der Waals surface area contributed by atoms with Gasteiger partial charge in [-0.1, -0.05) is 0 Å². The van der Waals surface area contributed by atoms with Gasteiger partial charge in [-0.3, -0.25) is 0 Å². The van der Waals surface area contributed by atoms with Gasteiger partial charge in [0.2, 0.25) is 10.0 Å². The van der Waals surface area contributed by atoms with Crippen LogP contribution in [0.2, 0.25) is 0 Å². The van der Waals surface area contributed by atoms with Crippen LogP contribution in [0.5, 0.6) is 0 Å². The predicted octanol–water partition coefficient (Wildman–Crippen LogP) is 1.40. The Bertz CT molecular complexity index is 532. The van der Waals surface area contributed by atoms with E-state index in [-0.39, 0.29) is 10.9 Å². The summed E-state index contributed by atoms with van der Waals surface area (Å²) >= 11 is 3.29. The molecule has 1 aromatic rings. The number of anilines is 1. The average Bonchev–Trinajstić information content (AvgIpc) is 2.36. The minimum atomic E-state index is -3.52. The summed E-state index contributed by atoms with van der Waals surface area (Å²) in [7, 11) is 2.02. The van der Waals surface area contributed by atoms with Gasteiger partial charge < -0.3 is 10.2 Å². The summed E-state index contributed by atoms with van der Waals surface area (Å²) in [5.41, 5.74) is 0.838. The molecule has 1 unspecified atom stereocenters. The first-order chi connectivity index (χ1) is 8.77. The monoisotopic (exact) mass is 349 g/mol. The van der Waals surface area contributed by atoms with Crippen LogP contribution in [-0.4, -0.2) is 42.1 Å². The molecule has 1 rings (SSSR count). The van der Waals surface area contributed by atoms with Crippen molar-refractivity contribution in [1.82, 2.24) is 10.0 Å². The Morgan fingerprint density at radius 1 is 1.37 bits per heavy atom. The van der Waals surface area contributed by atoms with Gasteiger partial charge in [0.05, 0.1) is 4.90 Å². The zero-order chi connectivity index (χ0) is 14.6. The zero-order valence-corrected chi connectivity index (χ0v) is 14.0. The summed E-state index contributed by atoms with van der Waals surface area (Å²) in [4.78, 5) is 2.11. The van der Waals surface area contributed by atoms with E-state index in [0.29, 0.717) is 11.0 Å². The lowest BCUT2D eigenvalue weighted by atomic mass is 10.3. The average molecular weight is 350 g/mol. The molecule has 0 spiro atoms. The second kappa shape index (κ2) is 6.69. The molecule has 0 fully saturated rings. The van der Waals surface area contributed by atoms with Crippen LogP contribution in [0.1, 0.15) is 6.92 Å². The first-order valence-corrected chi connectivity index (χ1v) is 8.19. The molecule has 0 aliphatic heterocycles. The molecule has 0 heterocycles.